The number of pyridine rings is 1. The molecule has 0 aliphatic carbocycles. The first-order valence-corrected chi connectivity index (χ1v) is 6.09. The molecule has 0 aliphatic heterocycles. The molecule has 0 aliphatic rings. The van der Waals surface area contributed by atoms with Crippen LogP contribution in [-0.4, -0.2) is 17.2 Å². The number of benzene rings is 1. The molecule has 0 saturated heterocycles. The number of hydrogen-bond donors (Lipinski definition) is 1. The van der Waals surface area contributed by atoms with E-state index in [1.807, 2.05) is 0 Å². The Labute approximate surface area is 115 Å². The summed E-state index contributed by atoms with van der Waals surface area (Å²) in [6.07, 6.45) is 0. The summed E-state index contributed by atoms with van der Waals surface area (Å²) in [7, 11) is 1.41. The molecular weight excluding hydrogens is 264 g/mol. The molecule has 0 radical (unpaired) electrons. The van der Waals surface area contributed by atoms with Crippen LogP contribution in [0.1, 0.15) is 16.8 Å². The summed E-state index contributed by atoms with van der Waals surface area (Å²) >= 11 is 0. The van der Waals surface area contributed by atoms with Gasteiger partial charge in [-0.05, 0) is 37.1 Å². The van der Waals surface area contributed by atoms with Crippen molar-refractivity contribution >= 4 is 0 Å². The molecule has 0 spiro atoms. The molecule has 0 unspecified atom stereocenters. The van der Waals surface area contributed by atoms with E-state index in [2.05, 4.69) is 4.98 Å². The molecule has 3 nitrogen and oxygen atoms in total. The Morgan fingerprint density at radius 3 is 2.25 bits per heavy atom. The van der Waals surface area contributed by atoms with Crippen molar-refractivity contribution in [3.8, 4) is 17.0 Å². The van der Waals surface area contributed by atoms with E-state index in [0.29, 0.717) is 22.4 Å². The van der Waals surface area contributed by atoms with E-state index >= 15 is 0 Å². The van der Waals surface area contributed by atoms with Gasteiger partial charge in [-0.15, -0.1) is 0 Å². The van der Waals surface area contributed by atoms with Gasteiger partial charge in [-0.1, -0.05) is 0 Å². The van der Waals surface area contributed by atoms with E-state index < -0.39 is 12.4 Å². The van der Waals surface area contributed by atoms with Gasteiger partial charge in [-0.2, -0.15) is 0 Å². The minimum atomic E-state index is -0.634. The van der Waals surface area contributed by atoms with Crippen molar-refractivity contribution in [3.05, 3.63) is 46.7 Å². The standard InChI is InChI=1S/C15H15F2NO2/c1-8-4-10(16)5-9(2)14(8)15-13(20-3)6-11(17)12(7-19)18-15/h4-6,19H,7H2,1-3H3. The van der Waals surface area contributed by atoms with Gasteiger partial charge in [0.1, 0.15) is 23.0 Å². The van der Waals surface area contributed by atoms with E-state index in [0.717, 1.165) is 0 Å². The monoisotopic (exact) mass is 279 g/mol. The van der Waals surface area contributed by atoms with E-state index in [4.69, 9.17) is 9.84 Å². The van der Waals surface area contributed by atoms with Crippen LogP contribution in [0.25, 0.3) is 11.3 Å². The number of ether oxygens (including phenoxy) is 1. The second-order valence-corrected chi connectivity index (χ2v) is 4.54. The van der Waals surface area contributed by atoms with Crippen LogP contribution in [0, 0.1) is 25.5 Å². The number of aromatic nitrogens is 1. The molecule has 1 aromatic heterocycles. The number of aliphatic hydroxyl groups is 1. The minimum absolute atomic E-state index is 0.0658. The summed E-state index contributed by atoms with van der Waals surface area (Å²) in [4.78, 5) is 4.11. The van der Waals surface area contributed by atoms with Crippen molar-refractivity contribution in [2.24, 2.45) is 0 Å². The van der Waals surface area contributed by atoms with Crippen LogP contribution in [-0.2, 0) is 6.61 Å². The molecule has 0 fully saturated rings. The van der Waals surface area contributed by atoms with Gasteiger partial charge in [0.25, 0.3) is 0 Å². The molecule has 0 atom stereocenters. The molecule has 1 heterocycles. The van der Waals surface area contributed by atoms with Crippen molar-refractivity contribution < 1.29 is 18.6 Å². The van der Waals surface area contributed by atoms with Gasteiger partial charge in [0.2, 0.25) is 0 Å². The predicted molar refractivity (Wildman–Crippen MR) is 71.5 cm³/mol. The molecule has 5 heteroatoms. The fourth-order valence-corrected chi connectivity index (χ4v) is 2.24. The smallest absolute Gasteiger partial charge is 0.150 e. The van der Waals surface area contributed by atoms with Gasteiger partial charge in [0.15, 0.2) is 5.82 Å². The summed E-state index contributed by atoms with van der Waals surface area (Å²) in [6, 6.07) is 3.94. The lowest BCUT2D eigenvalue weighted by Crippen LogP contribution is -2.02. The molecule has 0 saturated carbocycles. The fraction of sp³-hybridized carbons (Fsp3) is 0.267. The van der Waals surface area contributed by atoms with Gasteiger partial charge < -0.3 is 9.84 Å². The van der Waals surface area contributed by atoms with Crippen LogP contribution in [0.15, 0.2) is 18.2 Å². The summed E-state index contributed by atoms with van der Waals surface area (Å²) in [5.74, 6) is -0.727. The highest BCUT2D eigenvalue weighted by Gasteiger charge is 2.17. The first-order valence-electron chi connectivity index (χ1n) is 6.09. The number of aryl methyl sites for hydroxylation is 2. The van der Waals surface area contributed by atoms with Crippen molar-refractivity contribution in [1.82, 2.24) is 4.98 Å². The van der Waals surface area contributed by atoms with Crippen molar-refractivity contribution in [2.75, 3.05) is 7.11 Å². The quantitative estimate of drug-likeness (QED) is 0.938. The highest BCUT2D eigenvalue weighted by Crippen LogP contribution is 2.34. The van der Waals surface area contributed by atoms with Crippen molar-refractivity contribution in [2.45, 2.75) is 20.5 Å². The Hall–Kier alpha value is -2.01. The maximum atomic E-state index is 13.6. The van der Waals surface area contributed by atoms with Crippen LogP contribution in [0.5, 0.6) is 5.75 Å². The Morgan fingerprint density at radius 1 is 1.15 bits per heavy atom. The van der Waals surface area contributed by atoms with E-state index in [1.165, 1.54) is 25.3 Å². The average molecular weight is 279 g/mol. The molecule has 106 valence electrons. The van der Waals surface area contributed by atoms with Gasteiger partial charge in [-0.3, -0.25) is 0 Å². The SMILES string of the molecule is COc1cc(F)c(CO)nc1-c1c(C)cc(F)cc1C. The van der Waals surface area contributed by atoms with Gasteiger partial charge in [0.05, 0.1) is 13.7 Å². The van der Waals surface area contributed by atoms with Crippen molar-refractivity contribution in [3.63, 3.8) is 0 Å². The third-order valence-corrected chi connectivity index (χ3v) is 3.12. The number of nitrogens with zero attached hydrogens (tertiary/aromatic N) is 1. The zero-order chi connectivity index (χ0) is 14.9. The van der Waals surface area contributed by atoms with Gasteiger partial charge in [-0.25, -0.2) is 13.8 Å². The zero-order valence-electron chi connectivity index (χ0n) is 11.5. The van der Waals surface area contributed by atoms with Crippen LogP contribution >= 0.6 is 0 Å². The summed E-state index contributed by atoms with van der Waals surface area (Å²) in [5, 5.41) is 9.13. The molecule has 0 amide bonds. The number of hydrogen-bond acceptors (Lipinski definition) is 3. The largest absolute Gasteiger partial charge is 0.494 e. The Balaban J connectivity index is 2.75. The van der Waals surface area contributed by atoms with Crippen LogP contribution in [0.3, 0.4) is 0 Å². The maximum absolute atomic E-state index is 13.6. The molecule has 2 aromatic rings. The number of halogens is 2. The van der Waals surface area contributed by atoms with Gasteiger partial charge in [0, 0.05) is 11.6 Å². The van der Waals surface area contributed by atoms with E-state index in [1.54, 1.807) is 13.8 Å². The second kappa shape index (κ2) is 5.54. The molecular formula is C15H15F2NO2. The number of methoxy groups -OCH3 is 1. The maximum Gasteiger partial charge on any atom is 0.150 e. The Kier molecular flexibility index (Phi) is 3.99. The predicted octanol–water partition coefficient (Wildman–Crippen LogP) is 3.14. The molecule has 20 heavy (non-hydrogen) atoms. The normalized spacial score (nSPS) is 10.7. The lowest BCUT2D eigenvalue weighted by Gasteiger charge is -2.14. The van der Waals surface area contributed by atoms with Gasteiger partial charge >= 0.3 is 0 Å². The third-order valence-electron chi connectivity index (χ3n) is 3.12. The lowest BCUT2D eigenvalue weighted by atomic mass is 9.98. The zero-order valence-corrected chi connectivity index (χ0v) is 11.5. The van der Waals surface area contributed by atoms with Crippen molar-refractivity contribution in [1.29, 1.82) is 0 Å². The molecule has 1 aromatic carbocycles. The Bertz CT molecular complexity index is 634. The first kappa shape index (κ1) is 14.4. The molecule has 2 rings (SSSR count). The lowest BCUT2D eigenvalue weighted by molar-refractivity contribution is 0.269. The van der Waals surface area contributed by atoms with E-state index in [-0.39, 0.29) is 17.3 Å². The summed E-state index contributed by atoms with van der Waals surface area (Å²) in [5.41, 5.74) is 2.35. The molecule has 1 N–H and O–H groups in total. The summed E-state index contributed by atoms with van der Waals surface area (Å²) < 4.78 is 32.1. The molecule has 0 bridgehead atoms. The average Bonchev–Trinajstić information content (AvgIpc) is 2.38. The number of aliphatic hydroxyl groups excluding tert-OH is 1. The third kappa shape index (κ3) is 2.49. The highest BCUT2D eigenvalue weighted by molar-refractivity contribution is 5.73. The Morgan fingerprint density at radius 2 is 1.75 bits per heavy atom. The highest BCUT2D eigenvalue weighted by atomic mass is 19.1. The van der Waals surface area contributed by atoms with E-state index in [9.17, 15) is 8.78 Å². The van der Waals surface area contributed by atoms with Crippen LogP contribution in [0.2, 0.25) is 0 Å². The second-order valence-electron chi connectivity index (χ2n) is 4.54. The number of rotatable bonds is 3. The van der Waals surface area contributed by atoms with Crippen LogP contribution in [0.4, 0.5) is 8.78 Å². The first-order chi connectivity index (χ1) is 9.47. The van der Waals surface area contributed by atoms with Crippen LogP contribution < -0.4 is 4.74 Å². The topological polar surface area (TPSA) is 42.4 Å². The fourth-order valence-electron chi connectivity index (χ4n) is 2.24. The minimum Gasteiger partial charge on any atom is -0.494 e. The summed E-state index contributed by atoms with van der Waals surface area (Å²) in [6.45, 7) is 2.98.